The second-order valence-corrected chi connectivity index (χ2v) is 6.58. The van der Waals surface area contributed by atoms with Gasteiger partial charge in [0.05, 0.1) is 5.92 Å². The third-order valence-corrected chi connectivity index (χ3v) is 5.23. The minimum atomic E-state index is -0.125. The number of hydrogen-bond acceptors (Lipinski definition) is 2. The molecule has 0 radical (unpaired) electrons. The molecule has 2 N–H and O–H groups in total. The highest BCUT2D eigenvalue weighted by atomic mass is 16.2. The van der Waals surface area contributed by atoms with Crippen molar-refractivity contribution in [3.8, 4) is 0 Å². The molecule has 3 nitrogen and oxygen atoms in total. The number of amides is 1. The normalized spacial score (nSPS) is 22.9. The predicted octanol–water partition coefficient (Wildman–Crippen LogP) is 2.83. The van der Waals surface area contributed by atoms with Gasteiger partial charge in [0.2, 0.25) is 5.91 Å². The van der Waals surface area contributed by atoms with Crippen LogP contribution in [0.15, 0.2) is 24.3 Å². The summed E-state index contributed by atoms with van der Waals surface area (Å²) in [6, 6.07) is 8.33. The van der Waals surface area contributed by atoms with Gasteiger partial charge in [0, 0.05) is 23.7 Å². The molecule has 2 unspecified atom stereocenters. The van der Waals surface area contributed by atoms with Gasteiger partial charge in [-0.05, 0) is 31.4 Å². The van der Waals surface area contributed by atoms with E-state index in [1.165, 1.54) is 31.2 Å². The van der Waals surface area contributed by atoms with Gasteiger partial charge in [-0.2, -0.15) is 0 Å². The number of nitrogens with zero attached hydrogens (tertiary/aromatic N) is 1. The Balaban J connectivity index is 1.97. The second-order valence-electron chi connectivity index (χ2n) is 6.58. The van der Waals surface area contributed by atoms with Crippen LogP contribution in [-0.4, -0.2) is 18.5 Å². The Labute approximate surface area is 121 Å². The lowest BCUT2D eigenvalue weighted by atomic mass is 9.81. The molecule has 3 heteroatoms. The van der Waals surface area contributed by atoms with E-state index in [2.05, 4.69) is 18.2 Å². The first-order valence-corrected chi connectivity index (χ1v) is 7.72. The molecular formula is C17H24N2O. The Hall–Kier alpha value is -1.35. The fourth-order valence-electron chi connectivity index (χ4n) is 3.78. The summed E-state index contributed by atoms with van der Waals surface area (Å²) in [5.74, 6) is 0.0517. The highest BCUT2D eigenvalue weighted by Gasteiger charge is 2.46. The average molecular weight is 272 g/mol. The van der Waals surface area contributed by atoms with Gasteiger partial charge in [-0.3, -0.25) is 4.79 Å². The maximum atomic E-state index is 12.7. The number of fused-ring (bicyclic) bond motifs is 2. The van der Waals surface area contributed by atoms with Crippen LogP contribution in [0.2, 0.25) is 0 Å². The summed E-state index contributed by atoms with van der Waals surface area (Å²) in [5, 5.41) is 0. The van der Waals surface area contributed by atoms with E-state index in [0.717, 1.165) is 12.2 Å². The number of hydrogen-bond donors (Lipinski definition) is 1. The summed E-state index contributed by atoms with van der Waals surface area (Å²) in [6.07, 6.45) is 4.97. The lowest BCUT2D eigenvalue weighted by Gasteiger charge is -2.27. The molecule has 1 heterocycles. The number of nitrogens with two attached hydrogens (primary N) is 1. The molecule has 1 aromatic carbocycles. The van der Waals surface area contributed by atoms with E-state index in [0.29, 0.717) is 0 Å². The first-order chi connectivity index (χ1) is 9.55. The largest absolute Gasteiger partial charge is 0.327 e. The van der Waals surface area contributed by atoms with E-state index >= 15 is 0 Å². The highest BCUT2D eigenvalue weighted by Crippen LogP contribution is 2.50. The number of para-hydroxylation sites is 1. The molecule has 1 amide bonds. The predicted molar refractivity (Wildman–Crippen MR) is 81.8 cm³/mol. The van der Waals surface area contributed by atoms with E-state index in [4.69, 9.17) is 5.73 Å². The molecule has 0 bridgehead atoms. The molecule has 20 heavy (non-hydrogen) atoms. The van der Waals surface area contributed by atoms with Crippen LogP contribution in [0.1, 0.15) is 45.1 Å². The standard InChI is InChI=1S/C17H24N2O/c1-12(13(2)18)16(20)19-11-17(9-5-6-10-17)14-7-3-4-8-15(14)19/h3-4,7-8,12-13H,5-6,9-11,18H2,1-2H3. The third-order valence-electron chi connectivity index (χ3n) is 5.23. The van der Waals surface area contributed by atoms with Gasteiger partial charge < -0.3 is 10.6 Å². The Morgan fingerprint density at radius 3 is 2.55 bits per heavy atom. The van der Waals surface area contributed by atoms with E-state index in [9.17, 15) is 4.79 Å². The van der Waals surface area contributed by atoms with Crippen molar-refractivity contribution in [2.75, 3.05) is 11.4 Å². The van der Waals surface area contributed by atoms with Crippen molar-refractivity contribution < 1.29 is 4.79 Å². The zero-order valence-electron chi connectivity index (χ0n) is 12.4. The monoisotopic (exact) mass is 272 g/mol. The summed E-state index contributed by atoms with van der Waals surface area (Å²) in [4.78, 5) is 14.7. The van der Waals surface area contributed by atoms with Crippen molar-refractivity contribution in [2.24, 2.45) is 11.7 Å². The second kappa shape index (κ2) is 4.88. The molecule has 108 valence electrons. The van der Waals surface area contributed by atoms with Crippen molar-refractivity contribution in [3.05, 3.63) is 29.8 Å². The summed E-state index contributed by atoms with van der Waals surface area (Å²) in [7, 11) is 0. The van der Waals surface area contributed by atoms with Crippen molar-refractivity contribution in [3.63, 3.8) is 0 Å². The van der Waals surface area contributed by atoms with Crippen LogP contribution in [0.4, 0.5) is 5.69 Å². The van der Waals surface area contributed by atoms with E-state index in [1.807, 2.05) is 24.8 Å². The first kappa shape index (κ1) is 13.6. The minimum absolute atomic E-state index is 0.102. The quantitative estimate of drug-likeness (QED) is 0.900. The maximum absolute atomic E-state index is 12.7. The number of carbonyl (C=O) groups excluding carboxylic acids is 1. The van der Waals surface area contributed by atoms with Crippen LogP contribution in [0.3, 0.4) is 0 Å². The first-order valence-electron chi connectivity index (χ1n) is 7.72. The Morgan fingerprint density at radius 2 is 1.90 bits per heavy atom. The van der Waals surface area contributed by atoms with Gasteiger partial charge in [0.25, 0.3) is 0 Å². The molecule has 3 rings (SSSR count). The van der Waals surface area contributed by atoms with Crippen LogP contribution >= 0.6 is 0 Å². The zero-order chi connectivity index (χ0) is 14.3. The molecule has 1 fully saturated rings. The fraction of sp³-hybridized carbons (Fsp3) is 0.588. The topological polar surface area (TPSA) is 46.3 Å². The van der Waals surface area contributed by atoms with Gasteiger partial charge >= 0.3 is 0 Å². The van der Waals surface area contributed by atoms with Gasteiger partial charge in [-0.15, -0.1) is 0 Å². The van der Waals surface area contributed by atoms with Crippen molar-refractivity contribution >= 4 is 11.6 Å². The van der Waals surface area contributed by atoms with E-state index in [-0.39, 0.29) is 23.3 Å². The lowest BCUT2D eigenvalue weighted by molar-refractivity contribution is -0.122. The molecule has 0 saturated heterocycles. The molecular weight excluding hydrogens is 248 g/mol. The summed E-state index contributed by atoms with van der Waals surface area (Å²) >= 11 is 0. The SMILES string of the molecule is CC(N)C(C)C(=O)N1CC2(CCCC2)c2ccccc21. The van der Waals surface area contributed by atoms with Crippen LogP contribution in [0.25, 0.3) is 0 Å². The van der Waals surface area contributed by atoms with Crippen LogP contribution in [0, 0.1) is 5.92 Å². The van der Waals surface area contributed by atoms with Crippen LogP contribution in [-0.2, 0) is 10.2 Å². The molecule has 1 aliphatic carbocycles. The molecule has 1 spiro atoms. The molecule has 2 aliphatic rings. The van der Waals surface area contributed by atoms with E-state index < -0.39 is 0 Å². The van der Waals surface area contributed by atoms with Gasteiger partial charge in [0.15, 0.2) is 0 Å². The lowest BCUT2D eigenvalue weighted by Crippen LogP contribution is -2.43. The Bertz CT molecular complexity index is 517. The maximum Gasteiger partial charge on any atom is 0.231 e. The van der Waals surface area contributed by atoms with Crippen molar-refractivity contribution in [1.29, 1.82) is 0 Å². The minimum Gasteiger partial charge on any atom is -0.327 e. The molecule has 2 atom stereocenters. The van der Waals surface area contributed by atoms with Crippen molar-refractivity contribution in [2.45, 2.75) is 51.0 Å². The number of rotatable bonds is 2. The fourth-order valence-corrected chi connectivity index (χ4v) is 3.78. The van der Waals surface area contributed by atoms with Gasteiger partial charge in [-0.1, -0.05) is 38.0 Å². The summed E-state index contributed by atoms with van der Waals surface area (Å²) in [5.41, 5.74) is 8.63. The van der Waals surface area contributed by atoms with Gasteiger partial charge in [0.1, 0.15) is 0 Å². The van der Waals surface area contributed by atoms with E-state index in [1.54, 1.807) is 0 Å². The highest BCUT2D eigenvalue weighted by molar-refractivity contribution is 5.98. The van der Waals surface area contributed by atoms with Crippen LogP contribution < -0.4 is 10.6 Å². The zero-order valence-corrected chi connectivity index (χ0v) is 12.4. The molecule has 1 aliphatic heterocycles. The summed E-state index contributed by atoms with van der Waals surface area (Å²) in [6.45, 7) is 4.70. The van der Waals surface area contributed by atoms with Crippen LogP contribution in [0.5, 0.6) is 0 Å². The molecule has 0 aromatic heterocycles. The molecule has 1 saturated carbocycles. The smallest absolute Gasteiger partial charge is 0.231 e. The van der Waals surface area contributed by atoms with Gasteiger partial charge in [-0.25, -0.2) is 0 Å². The number of benzene rings is 1. The number of carbonyl (C=O) groups is 1. The Morgan fingerprint density at radius 1 is 1.25 bits per heavy atom. The number of anilines is 1. The average Bonchev–Trinajstić information content (AvgIpc) is 3.05. The van der Waals surface area contributed by atoms with Crippen molar-refractivity contribution in [1.82, 2.24) is 0 Å². The molecule has 1 aromatic rings. The third kappa shape index (κ3) is 1.96. The summed E-state index contributed by atoms with van der Waals surface area (Å²) < 4.78 is 0. The Kier molecular flexibility index (Phi) is 3.33.